The van der Waals surface area contributed by atoms with Gasteiger partial charge in [-0.2, -0.15) is 8.42 Å². The minimum absolute atomic E-state index is 0. The number of sulfonamides is 1. The molecular formula is C24H24FN2NaO5S2. The van der Waals surface area contributed by atoms with E-state index < -0.39 is 22.2 Å². The van der Waals surface area contributed by atoms with E-state index in [1.165, 1.54) is 19.1 Å². The predicted molar refractivity (Wildman–Crippen MR) is 126 cm³/mol. The molecule has 0 saturated carbocycles. The van der Waals surface area contributed by atoms with Crippen LogP contribution in [0.15, 0.2) is 46.1 Å². The summed E-state index contributed by atoms with van der Waals surface area (Å²) in [6.07, 6.45) is 1.18. The van der Waals surface area contributed by atoms with Gasteiger partial charge in [-0.1, -0.05) is 24.3 Å². The van der Waals surface area contributed by atoms with Gasteiger partial charge in [0.25, 0.3) is 10.0 Å². The van der Waals surface area contributed by atoms with E-state index in [1.54, 1.807) is 30.5 Å². The number of hydrogen-bond donors (Lipinski definition) is 0. The Morgan fingerprint density at radius 2 is 1.89 bits per heavy atom. The summed E-state index contributed by atoms with van der Waals surface area (Å²) in [5, 5.41) is 12.6. The molecule has 1 aliphatic rings. The summed E-state index contributed by atoms with van der Waals surface area (Å²) in [4.78, 5) is 15.1. The first-order chi connectivity index (χ1) is 16.1. The number of thiazole rings is 1. The topological polar surface area (TPSA) is 99.6 Å². The zero-order valence-electron chi connectivity index (χ0n) is 19.8. The summed E-state index contributed by atoms with van der Waals surface area (Å²) in [6, 6.07) is 9.65. The van der Waals surface area contributed by atoms with Crippen molar-refractivity contribution in [2.24, 2.45) is 0 Å². The molecule has 0 bridgehead atoms. The molecule has 1 atom stereocenters. The summed E-state index contributed by atoms with van der Waals surface area (Å²) < 4.78 is 48.2. The Morgan fingerprint density at radius 3 is 2.46 bits per heavy atom. The van der Waals surface area contributed by atoms with Gasteiger partial charge in [0.15, 0.2) is 0 Å². The molecule has 7 nitrogen and oxygen atoms in total. The fraction of sp³-hybridized carbons (Fsp3) is 0.333. The number of anilines is 1. The third kappa shape index (κ3) is 6.24. The van der Waals surface area contributed by atoms with E-state index in [1.807, 2.05) is 6.07 Å². The third-order valence-corrected chi connectivity index (χ3v) is 8.68. The SMILES string of the molecule is Cc1csc(S(=O)(=O)N(CC(C)F)c2cc3c(cc2OCc2ccc(C(=O)[O-])cc2)CCC3)n1.[Na+]. The number of rotatable bonds is 9. The van der Waals surface area contributed by atoms with Crippen LogP contribution in [0.4, 0.5) is 10.1 Å². The van der Waals surface area contributed by atoms with Crippen LogP contribution in [0.25, 0.3) is 0 Å². The average Bonchev–Trinajstić information content (AvgIpc) is 3.44. The Bertz CT molecular complexity index is 1310. The number of aryl methyl sites for hydroxylation is 3. The van der Waals surface area contributed by atoms with Crippen molar-refractivity contribution in [3.63, 3.8) is 0 Å². The average molecular weight is 527 g/mol. The van der Waals surface area contributed by atoms with Crippen molar-refractivity contribution in [1.82, 2.24) is 4.98 Å². The molecule has 180 valence electrons. The standard InChI is InChI=1S/C24H25FN2O5S2.Na/c1-15(25)12-27(34(30,31)24-26-16(2)14-33-24)21-10-19-4-3-5-20(19)11-22(21)32-13-17-6-8-18(9-7-17)23(28)29;/h6-11,14-15H,3-5,12-13H2,1-2H3,(H,28,29);/q;+1/p-1. The molecule has 1 heterocycles. The van der Waals surface area contributed by atoms with Crippen LogP contribution in [0, 0.1) is 6.92 Å². The number of carbonyl (C=O) groups is 1. The largest absolute Gasteiger partial charge is 1.00 e. The maximum absolute atomic E-state index is 14.2. The number of alkyl halides is 1. The third-order valence-electron chi connectivity index (χ3n) is 5.55. The molecule has 0 spiro atoms. The van der Waals surface area contributed by atoms with Crippen LogP contribution in [0.1, 0.15) is 46.1 Å². The maximum atomic E-state index is 14.2. The molecule has 4 rings (SSSR count). The summed E-state index contributed by atoms with van der Waals surface area (Å²) in [7, 11) is -4.12. The number of halogens is 1. The van der Waals surface area contributed by atoms with Gasteiger partial charge in [0.1, 0.15) is 18.5 Å². The Labute approximate surface area is 230 Å². The molecule has 3 aromatic rings. The zero-order valence-corrected chi connectivity index (χ0v) is 23.4. The number of carbonyl (C=O) groups excluding carboxylic acids is 1. The monoisotopic (exact) mass is 526 g/mol. The van der Waals surface area contributed by atoms with Crippen molar-refractivity contribution in [3.8, 4) is 5.75 Å². The Balaban J connectivity index is 0.00000342. The van der Waals surface area contributed by atoms with Crippen molar-refractivity contribution < 1.29 is 57.0 Å². The Kier molecular flexibility index (Phi) is 8.98. The molecule has 0 fully saturated rings. The van der Waals surface area contributed by atoms with Crippen molar-refractivity contribution in [2.75, 3.05) is 10.8 Å². The van der Waals surface area contributed by atoms with Crippen LogP contribution in [0.3, 0.4) is 0 Å². The Hall–Kier alpha value is -1.98. The fourth-order valence-corrected chi connectivity index (χ4v) is 6.57. The number of carboxylic acids is 1. The van der Waals surface area contributed by atoms with Gasteiger partial charge in [0.2, 0.25) is 4.34 Å². The zero-order chi connectivity index (χ0) is 24.5. The number of carboxylic acid groups (broad SMARTS) is 1. The van der Waals surface area contributed by atoms with E-state index in [0.717, 1.165) is 46.0 Å². The summed E-state index contributed by atoms with van der Waals surface area (Å²) in [5.41, 5.74) is 3.67. The van der Waals surface area contributed by atoms with Gasteiger partial charge in [-0.25, -0.2) is 9.37 Å². The van der Waals surface area contributed by atoms with Gasteiger partial charge >= 0.3 is 29.6 Å². The molecule has 11 heteroatoms. The van der Waals surface area contributed by atoms with Gasteiger partial charge in [-0.15, -0.1) is 11.3 Å². The molecule has 0 saturated heterocycles. The van der Waals surface area contributed by atoms with Gasteiger partial charge < -0.3 is 14.6 Å². The number of fused-ring (bicyclic) bond motifs is 1. The first-order valence-electron chi connectivity index (χ1n) is 10.8. The van der Waals surface area contributed by atoms with Gasteiger partial charge in [-0.05, 0) is 67.5 Å². The molecule has 0 aliphatic heterocycles. The minimum atomic E-state index is -4.12. The second-order valence-corrected chi connectivity index (χ2v) is 11.2. The molecular weight excluding hydrogens is 502 g/mol. The van der Waals surface area contributed by atoms with Crippen LogP contribution < -0.4 is 43.7 Å². The quantitative estimate of drug-likeness (QED) is 0.375. The number of hydrogen-bond acceptors (Lipinski definition) is 7. The molecule has 35 heavy (non-hydrogen) atoms. The number of aromatic nitrogens is 1. The molecule has 1 aliphatic carbocycles. The fourth-order valence-electron chi connectivity index (χ4n) is 3.90. The van der Waals surface area contributed by atoms with Crippen molar-refractivity contribution in [2.45, 2.75) is 50.2 Å². The number of ether oxygens (including phenoxy) is 1. The van der Waals surface area contributed by atoms with E-state index in [0.29, 0.717) is 17.0 Å². The molecule has 1 aromatic heterocycles. The van der Waals surface area contributed by atoms with Crippen LogP contribution in [0.2, 0.25) is 0 Å². The normalized spacial score (nSPS) is 13.6. The molecule has 2 aromatic carbocycles. The van der Waals surface area contributed by atoms with Gasteiger partial charge in [0, 0.05) is 11.1 Å². The van der Waals surface area contributed by atoms with Crippen LogP contribution >= 0.6 is 11.3 Å². The molecule has 0 amide bonds. The van der Waals surface area contributed by atoms with Crippen LogP contribution in [-0.4, -0.2) is 32.1 Å². The minimum Gasteiger partial charge on any atom is -0.545 e. The summed E-state index contributed by atoms with van der Waals surface area (Å²) >= 11 is 0.995. The number of nitrogens with zero attached hydrogens (tertiary/aromatic N) is 2. The van der Waals surface area contributed by atoms with E-state index in [9.17, 15) is 22.7 Å². The van der Waals surface area contributed by atoms with Gasteiger partial charge in [-0.3, -0.25) is 4.31 Å². The smallest absolute Gasteiger partial charge is 0.545 e. The second-order valence-electron chi connectivity index (χ2n) is 8.29. The van der Waals surface area contributed by atoms with Crippen LogP contribution in [-0.2, 0) is 29.5 Å². The first kappa shape index (κ1) is 27.6. The van der Waals surface area contributed by atoms with Crippen molar-refractivity contribution in [3.05, 3.63) is 69.7 Å². The molecule has 1 unspecified atom stereocenters. The van der Waals surface area contributed by atoms with E-state index in [2.05, 4.69) is 4.98 Å². The maximum Gasteiger partial charge on any atom is 1.00 e. The van der Waals surface area contributed by atoms with E-state index in [-0.39, 0.29) is 58.3 Å². The van der Waals surface area contributed by atoms with E-state index in [4.69, 9.17) is 4.74 Å². The summed E-state index contributed by atoms with van der Waals surface area (Å²) in [5.74, 6) is -0.950. The number of benzene rings is 2. The molecule has 0 N–H and O–H groups in total. The van der Waals surface area contributed by atoms with E-state index >= 15 is 0 Å². The Morgan fingerprint density at radius 1 is 1.23 bits per heavy atom. The number of aromatic carboxylic acids is 1. The van der Waals surface area contributed by atoms with Crippen molar-refractivity contribution >= 4 is 33.0 Å². The summed E-state index contributed by atoms with van der Waals surface area (Å²) in [6.45, 7) is 2.71. The van der Waals surface area contributed by atoms with Crippen LogP contribution in [0.5, 0.6) is 5.75 Å². The predicted octanol–water partition coefficient (Wildman–Crippen LogP) is 0.440. The van der Waals surface area contributed by atoms with Crippen molar-refractivity contribution in [1.29, 1.82) is 0 Å². The molecule has 0 radical (unpaired) electrons. The first-order valence-corrected chi connectivity index (χ1v) is 13.1. The van der Waals surface area contributed by atoms with Gasteiger partial charge in [0.05, 0.1) is 18.2 Å². The second kappa shape index (κ2) is 11.4.